The van der Waals surface area contributed by atoms with Gasteiger partial charge in [0.2, 0.25) is 0 Å². The summed E-state index contributed by atoms with van der Waals surface area (Å²) in [6.45, 7) is 0.455. The number of hydrogen-bond acceptors (Lipinski definition) is 2. The van der Waals surface area contributed by atoms with Crippen LogP contribution in [0.5, 0.6) is 0 Å². The van der Waals surface area contributed by atoms with Gasteiger partial charge in [-0.25, -0.2) is 4.79 Å². The van der Waals surface area contributed by atoms with E-state index in [-0.39, 0.29) is 4.48 Å². The van der Waals surface area contributed by atoms with Gasteiger partial charge in [-0.1, -0.05) is 30.3 Å². The van der Waals surface area contributed by atoms with Crippen LogP contribution in [0.1, 0.15) is 5.56 Å². The number of quaternary nitrogens is 1. The molecule has 75 valence electrons. The summed E-state index contributed by atoms with van der Waals surface area (Å²) in [5, 5.41) is 0. The number of urea groups is 1. The van der Waals surface area contributed by atoms with E-state index in [0.717, 1.165) is 5.56 Å². The second kappa shape index (κ2) is 3.67. The smallest absolute Gasteiger partial charge is 0.318 e. The van der Waals surface area contributed by atoms with E-state index in [1.54, 1.807) is 6.20 Å². The fourth-order valence-electron chi connectivity index (χ4n) is 1.48. The number of amides is 2. The third kappa shape index (κ3) is 1.80. The zero-order chi connectivity index (χ0) is 10.7. The summed E-state index contributed by atoms with van der Waals surface area (Å²) in [6, 6.07) is 9.17. The van der Waals surface area contributed by atoms with Crippen LogP contribution in [0.15, 0.2) is 47.7 Å². The molecule has 4 heteroatoms. The highest BCUT2D eigenvalue weighted by molar-refractivity contribution is 5.76. The molecule has 15 heavy (non-hydrogen) atoms. The molecule has 0 fully saturated rings. The molecule has 0 saturated carbocycles. The van der Waals surface area contributed by atoms with Crippen LogP contribution in [0, 0.1) is 0 Å². The van der Waals surface area contributed by atoms with Crippen molar-refractivity contribution in [2.24, 2.45) is 10.7 Å². The first-order chi connectivity index (χ1) is 7.23. The summed E-state index contributed by atoms with van der Waals surface area (Å²) < 4.78 is -0.163. The molecule has 1 atom stereocenters. The van der Waals surface area contributed by atoms with Crippen LogP contribution in [0.3, 0.4) is 0 Å². The van der Waals surface area contributed by atoms with Crippen LogP contribution in [-0.2, 0) is 6.54 Å². The van der Waals surface area contributed by atoms with Crippen molar-refractivity contribution in [3.05, 3.63) is 48.3 Å². The van der Waals surface area contributed by atoms with Gasteiger partial charge in [0.05, 0.1) is 6.20 Å². The van der Waals surface area contributed by atoms with E-state index < -0.39 is 6.03 Å². The SMILES string of the molecule is NC(=O)[N+]1(Cc2ccccc2)[C]=NC=C1. The molecule has 1 heterocycles. The molecule has 1 aromatic carbocycles. The van der Waals surface area contributed by atoms with Crippen molar-refractivity contribution >= 4 is 12.4 Å². The Kier molecular flexibility index (Phi) is 2.35. The van der Waals surface area contributed by atoms with Gasteiger partial charge >= 0.3 is 12.4 Å². The fraction of sp³-hybridized carbons (Fsp3) is 0.0909. The zero-order valence-electron chi connectivity index (χ0n) is 8.13. The quantitative estimate of drug-likeness (QED) is 0.724. The van der Waals surface area contributed by atoms with Crippen LogP contribution < -0.4 is 5.73 Å². The van der Waals surface area contributed by atoms with Gasteiger partial charge in [0.15, 0.2) is 0 Å². The predicted octanol–water partition coefficient (Wildman–Crippen LogP) is 1.47. The van der Waals surface area contributed by atoms with E-state index in [9.17, 15) is 4.79 Å². The number of rotatable bonds is 2. The molecular weight excluding hydrogens is 190 g/mol. The molecular formula is C11H11N3O+. The maximum absolute atomic E-state index is 11.3. The van der Waals surface area contributed by atoms with Crippen molar-refractivity contribution in [1.29, 1.82) is 0 Å². The van der Waals surface area contributed by atoms with Gasteiger partial charge in [-0.05, 0) is 0 Å². The van der Waals surface area contributed by atoms with E-state index in [4.69, 9.17) is 5.73 Å². The van der Waals surface area contributed by atoms with Crippen molar-refractivity contribution in [3.8, 4) is 0 Å². The van der Waals surface area contributed by atoms with Crippen molar-refractivity contribution in [2.75, 3.05) is 0 Å². The molecule has 1 aliphatic heterocycles. The second-order valence-electron chi connectivity index (χ2n) is 3.38. The van der Waals surface area contributed by atoms with Crippen molar-refractivity contribution < 1.29 is 9.28 Å². The minimum Gasteiger partial charge on any atom is -0.318 e. The number of primary amides is 1. The molecule has 0 aromatic heterocycles. The molecule has 2 N–H and O–H groups in total. The molecule has 0 saturated heterocycles. The molecule has 0 aliphatic carbocycles. The number of hydrogen-bond donors (Lipinski definition) is 1. The van der Waals surface area contributed by atoms with Crippen LogP contribution in [0.4, 0.5) is 4.79 Å². The van der Waals surface area contributed by atoms with Crippen LogP contribution in [0.2, 0.25) is 0 Å². The molecule has 2 amide bonds. The first kappa shape index (κ1) is 9.61. The van der Waals surface area contributed by atoms with E-state index in [0.29, 0.717) is 6.54 Å². The number of nitrogens with two attached hydrogens (primary N) is 1. The average molecular weight is 201 g/mol. The van der Waals surface area contributed by atoms with Gasteiger partial charge in [0.1, 0.15) is 12.7 Å². The summed E-state index contributed by atoms with van der Waals surface area (Å²) in [7, 11) is 0. The summed E-state index contributed by atoms with van der Waals surface area (Å²) in [5.41, 5.74) is 6.36. The van der Waals surface area contributed by atoms with Crippen LogP contribution in [0.25, 0.3) is 0 Å². The van der Waals surface area contributed by atoms with Gasteiger partial charge in [-0.15, -0.1) is 0 Å². The lowest BCUT2D eigenvalue weighted by atomic mass is 10.2. The number of carbonyl (C=O) groups is 1. The second-order valence-corrected chi connectivity index (χ2v) is 3.38. The minimum atomic E-state index is -0.476. The molecule has 0 bridgehead atoms. The maximum atomic E-state index is 11.3. The number of nitrogens with zero attached hydrogens (tertiary/aromatic N) is 2. The molecule has 4 nitrogen and oxygen atoms in total. The van der Waals surface area contributed by atoms with Gasteiger partial charge in [-0.3, -0.25) is 0 Å². The molecule has 1 aliphatic rings. The summed E-state index contributed by atoms with van der Waals surface area (Å²) in [4.78, 5) is 15.1. The van der Waals surface area contributed by atoms with E-state index in [1.165, 1.54) is 6.20 Å². The van der Waals surface area contributed by atoms with Crippen molar-refractivity contribution in [1.82, 2.24) is 0 Å². The van der Waals surface area contributed by atoms with Crippen molar-refractivity contribution in [3.63, 3.8) is 0 Å². The maximum Gasteiger partial charge on any atom is 0.425 e. The Bertz CT molecular complexity index is 411. The van der Waals surface area contributed by atoms with Gasteiger partial charge in [-0.2, -0.15) is 9.48 Å². The highest BCUT2D eigenvalue weighted by atomic mass is 16.2. The average Bonchev–Trinajstić information content (AvgIpc) is 2.69. The highest BCUT2D eigenvalue weighted by Crippen LogP contribution is 2.16. The Morgan fingerprint density at radius 2 is 2.13 bits per heavy atom. The number of benzene rings is 1. The lowest BCUT2D eigenvalue weighted by Crippen LogP contribution is -2.48. The van der Waals surface area contributed by atoms with Gasteiger partial charge in [0.25, 0.3) is 0 Å². The predicted molar refractivity (Wildman–Crippen MR) is 56.6 cm³/mol. The Hall–Kier alpha value is -1.94. The molecule has 0 spiro atoms. The Morgan fingerprint density at radius 3 is 2.67 bits per heavy atom. The summed E-state index contributed by atoms with van der Waals surface area (Å²) >= 11 is 0. The normalized spacial score (nSPS) is 23.2. The highest BCUT2D eigenvalue weighted by Gasteiger charge is 2.35. The number of aliphatic imine (C=N–C) groups is 1. The topological polar surface area (TPSA) is 55.5 Å². The lowest BCUT2D eigenvalue weighted by Gasteiger charge is -2.20. The molecule has 2 rings (SSSR count). The fourth-order valence-corrected chi connectivity index (χ4v) is 1.48. The third-order valence-electron chi connectivity index (χ3n) is 2.30. The largest absolute Gasteiger partial charge is 0.425 e. The number of carbonyl (C=O) groups excluding carboxylic acids is 1. The van der Waals surface area contributed by atoms with E-state index in [1.807, 2.05) is 30.3 Å². The Morgan fingerprint density at radius 1 is 1.40 bits per heavy atom. The summed E-state index contributed by atoms with van der Waals surface area (Å²) in [5.74, 6) is 0. The van der Waals surface area contributed by atoms with Gasteiger partial charge < -0.3 is 5.73 Å². The Labute approximate surface area is 87.9 Å². The summed E-state index contributed by atoms with van der Waals surface area (Å²) in [6.07, 6.45) is 5.86. The monoisotopic (exact) mass is 201 g/mol. The van der Waals surface area contributed by atoms with Gasteiger partial charge in [0, 0.05) is 5.56 Å². The minimum absolute atomic E-state index is 0.163. The van der Waals surface area contributed by atoms with E-state index >= 15 is 0 Å². The molecule has 1 unspecified atom stereocenters. The standard InChI is InChI=1S/C11H11N3O/c12-11(15)14(7-6-13-9-14)8-10-4-2-1-3-5-10/h1-7H,8H2,(H2,12,15)/q+1. The van der Waals surface area contributed by atoms with Crippen molar-refractivity contribution in [2.45, 2.75) is 6.54 Å². The first-order valence-electron chi connectivity index (χ1n) is 4.59. The van der Waals surface area contributed by atoms with Crippen LogP contribution in [-0.4, -0.2) is 16.9 Å². The first-order valence-corrected chi connectivity index (χ1v) is 4.59. The van der Waals surface area contributed by atoms with Crippen LogP contribution >= 0.6 is 0 Å². The third-order valence-corrected chi connectivity index (χ3v) is 2.30. The Balaban J connectivity index is 2.27. The molecule has 1 radical (unpaired) electrons. The lowest BCUT2D eigenvalue weighted by molar-refractivity contribution is -0.704. The molecule has 1 aromatic rings. The zero-order valence-corrected chi connectivity index (χ0v) is 8.13. The van der Waals surface area contributed by atoms with E-state index in [2.05, 4.69) is 11.3 Å².